The number of aliphatic carboxylic acids is 1. The second-order valence-corrected chi connectivity index (χ2v) is 9.17. The lowest BCUT2D eigenvalue weighted by Crippen LogP contribution is -2.38. The molecular formula is C23H21ClFN3O4S. The Bertz CT molecular complexity index is 1180. The average Bonchev–Trinajstić information content (AvgIpc) is 3.23. The van der Waals surface area contributed by atoms with E-state index in [1.165, 1.54) is 28.4 Å². The van der Waals surface area contributed by atoms with E-state index in [1.807, 2.05) is 18.2 Å². The number of thiophene rings is 1. The van der Waals surface area contributed by atoms with Crippen LogP contribution >= 0.6 is 22.9 Å². The van der Waals surface area contributed by atoms with Crippen LogP contribution in [0.2, 0.25) is 4.34 Å². The van der Waals surface area contributed by atoms with Gasteiger partial charge in [0.25, 0.3) is 5.91 Å². The van der Waals surface area contributed by atoms with Gasteiger partial charge in [-0.15, -0.1) is 11.3 Å². The zero-order valence-electron chi connectivity index (χ0n) is 17.6. The Morgan fingerprint density at radius 1 is 1.27 bits per heavy atom. The summed E-state index contributed by atoms with van der Waals surface area (Å²) in [6.45, 7) is 0.442. The average molecular weight is 490 g/mol. The van der Waals surface area contributed by atoms with Crippen molar-refractivity contribution in [2.45, 2.75) is 19.0 Å². The van der Waals surface area contributed by atoms with Crippen molar-refractivity contribution in [1.29, 1.82) is 0 Å². The molecule has 1 aliphatic heterocycles. The van der Waals surface area contributed by atoms with Gasteiger partial charge in [0.1, 0.15) is 11.6 Å². The van der Waals surface area contributed by atoms with Gasteiger partial charge in [0.15, 0.2) is 6.73 Å². The molecule has 2 aromatic carbocycles. The number of carbonyl (C=O) groups excluding carboxylic acids is 1. The summed E-state index contributed by atoms with van der Waals surface area (Å²) >= 11 is 7.34. The molecule has 1 unspecified atom stereocenters. The van der Waals surface area contributed by atoms with Gasteiger partial charge in [-0.05, 0) is 35.9 Å². The highest BCUT2D eigenvalue weighted by Gasteiger charge is 2.28. The minimum Gasteiger partial charge on any atom is -0.481 e. The van der Waals surface area contributed by atoms with E-state index in [0.717, 1.165) is 10.4 Å². The quantitative estimate of drug-likeness (QED) is 0.417. The minimum absolute atomic E-state index is 0.0119. The molecule has 2 heterocycles. The monoisotopic (exact) mass is 489 g/mol. The number of hydrogen-bond donors (Lipinski definition) is 3. The molecule has 1 aliphatic rings. The van der Waals surface area contributed by atoms with Crippen LogP contribution in [-0.2, 0) is 11.3 Å². The number of fused-ring (bicyclic) bond motifs is 1. The van der Waals surface area contributed by atoms with E-state index in [4.69, 9.17) is 16.3 Å². The second kappa shape index (κ2) is 9.78. The predicted octanol–water partition coefficient (Wildman–Crippen LogP) is 4.88. The summed E-state index contributed by atoms with van der Waals surface area (Å²) in [5, 5.41) is 15.2. The van der Waals surface area contributed by atoms with Crippen molar-refractivity contribution in [3.63, 3.8) is 0 Å². The number of nitrogens with one attached hydrogen (secondary N) is 2. The maximum Gasteiger partial charge on any atom is 0.305 e. The van der Waals surface area contributed by atoms with Gasteiger partial charge < -0.3 is 20.5 Å². The summed E-state index contributed by atoms with van der Waals surface area (Å²) in [7, 11) is 1.59. The molecule has 1 atom stereocenters. The first kappa shape index (κ1) is 23.0. The number of carboxylic acids is 1. The standard InChI is InChI=1S/C23H21ClFN3O4S/c1-26-17-9-19-15(8-16(17)25)23(31)28(12-32-19)14-4-2-13(3-5-14)11-27-18(10-22(29)30)20-6-7-21(24)33-20/h2-9,18,26-27H,10-12H2,1H3,(H,29,30). The van der Waals surface area contributed by atoms with E-state index in [2.05, 4.69) is 10.6 Å². The Morgan fingerprint density at radius 3 is 2.67 bits per heavy atom. The van der Waals surface area contributed by atoms with E-state index in [-0.39, 0.29) is 36.4 Å². The van der Waals surface area contributed by atoms with Crippen LogP contribution in [0.25, 0.3) is 0 Å². The largest absolute Gasteiger partial charge is 0.481 e. The maximum absolute atomic E-state index is 14.1. The van der Waals surface area contributed by atoms with Gasteiger partial charge in [0, 0.05) is 30.2 Å². The van der Waals surface area contributed by atoms with Gasteiger partial charge in [-0.1, -0.05) is 23.7 Å². The first-order valence-corrected chi connectivity index (χ1v) is 11.3. The summed E-state index contributed by atoms with van der Waals surface area (Å²) in [5.41, 5.74) is 1.94. The number of ether oxygens (including phenoxy) is 1. The Morgan fingerprint density at radius 2 is 2.03 bits per heavy atom. The first-order valence-electron chi connectivity index (χ1n) is 10.1. The number of halogens is 2. The van der Waals surface area contributed by atoms with Crippen molar-refractivity contribution in [1.82, 2.24) is 5.32 Å². The smallest absolute Gasteiger partial charge is 0.305 e. The van der Waals surface area contributed by atoms with Crippen molar-refractivity contribution in [3.05, 3.63) is 74.7 Å². The van der Waals surface area contributed by atoms with Gasteiger partial charge in [0.05, 0.1) is 28.0 Å². The number of nitrogens with zero attached hydrogens (tertiary/aromatic N) is 1. The van der Waals surface area contributed by atoms with Crippen LogP contribution in [0, 0.1) is 5.82 Å². The normalized spacial score (nSPS) is 13.9. The van der Waals surface area contributed by atoms with Gasteiger partial charge in [-0.3, -0.25) is 14.5 Å². The Hall–Kier alpha value is -3.14. The fraction of sp³-hybridized carbons (Fsp3) is 0.217. The topological polar surface area (TPSA) is 90.9 Å². The van der Waals surface area contributed by atoms with Crippen LogP contribution in [0.15, 0.2) is 48.5 Å². The highest BCUT2D eigenvalue weighted by atomic mass is 35.5. The number of carboxylic acid groups (broad SMARTS) is 1. The lowest BCUT2D eigenvalue weighted by Gasteiger charge is -2.29. The third kappa shape index (κ3) is 5.11. The molecular weight excluding hydrogens is 469 g/mol. The van der Waals surface area contributed by atoms with Crippen molar-refractivity contribution in [2.75, 3.05) is 24.0 Å². The third-order valence-corrected chi connectivity index (χ3v) is 6.62. The molecule has 1 amide bonds. The Kier molecular flexibility index (Phi) is 6.83. The molecule has 0 aliphatic carbocycles. The fourth-order valence-electron chi connectivity index (χ4n) is 3.56. The lowest BCUT2D eigenvalue weighted by molar-refractivity contribution is -0.137. The van der Waals surface area contributed by atoms with E-state index in [1.54, 1.807) is 25.2 Å². The molecule has 33 heavy (non-hydrogen) atoms. The zero-order valence-corrected chi connectivity index (χ0v) is 19.2. The molecule has 172 valence electrons. The zero-order chi connectivity index (χ0) is 23.5. The van der Waals surface area contributed by atoms with Crippen LogP contribution in [-0.4, -0.2) is 30.8 Å². The molecule has 1 aromatic heterocycles. The van der Waals surface area contributed by atoms with Crippen LogP contribution in [0.5, 0.6) is 5.75 Å². The summed E-state index contributed by atoms with van der Waals surface area (Å²) < 4.78 is 20.4. The van der Waals surface area contributed by atoms with Crippen molar-refractivity contribution < 1.29 is 23.8 Å². The van der Waals surface area contributed by atoms with E-state index < -0.39 is 11.8 Å². The van der Waals surface area contributed by atoms with Gasteiger partial charge in [0.2, 0.25) is 0 Å². The summed E-state index contributed by atoms with van der Waals surface area (Å²) in [6.07, 6.45) is -0.0697. The molecule has 7 nitrogen and oxygen atoms in total. The number of benzene rings is 2. The lowest BCUT2D eigenvalue weighted by atomic mass is 10.1. The molecule has 0 fully saturated rings. The Labute approximate surface area is 198 Å². The summed E-state index contributed by atoms with van der Waals surface area (Å²) in [5.74, 6) is -1.45. The summed E-state index contributed by atoms with van der Waals surface area (Å²) in [4.78, 5) is 26.4. The highest BCUT2D eigenvalue weighted by molar-refractivity contribution is 7.16. The van der Waals surface area contributed by atoms with Gasteiger partial charge >= 0.3 is 5.97 Å². The number of amides is 1. The van der Waals surface area contributed by atoms with Crippen LogP contribution in [0.3, 0.4) is 0 Å². The third-order valence-electron chi connectivity index (χ3n) is 5.28. The molecule has 4 rings (SSSR count). The van der Waals surface area contributed by atoms with Crippen LogP contribution in [0.4, 0.5) is 15.8 Å². The molecule has 0 saturated heterocycles. The predicted molar refractivity (Wildman–Crippen MR) is 126 cm³/mol. The molecule has 3 N–H and O–H groups in total. The van der Waals surface area contributed by atoms with Crippen LogP contribution < -0.4 is 20.3 Å². The van der Waals surface area contributed by atoms with E-state index in [0.29, 0.717) is 22.3 Å². The van der Waals surface area contributed by atoms with Crippen molar-refractivity contribution in [3.8, 4) is 5.75 Å². The molecule has 0 bridgehead atoms. The molecule has 0 radical (unpaired) electrons. The SMILES string of the molecule is CNc1cc2c(cc1F)C(=O)N(c1ccc(CNC(CC(=O)O)c3ccc(Cl)s3)cc1)CO2. The van der Waals surface area contributed by atoms with E-state index in [9.17, 15) is 19.1 Å². The number of hydrogen-bond acceptors (Lipinski definition) is 6. The Balaban J connectivity index is 1.45. The van der Waals surface area contributed by atoms with Gasteiger partial charge in [-0.2, -0.15) is 0 Å². The molecule has 0 spiro atoms. The maximum atomic E-state index is 14.1. The minimum atomic E-state index is -0.908. The van der Waals surface area contributed by atoms with E-state index >= 15 is 0 Å². The van der Waals surface area contributed by atoms with Gasteiger partial charge in [-0.25, -0.2) is 4.39 Å². The van der Waals surface area contributed by atoms with Crippen molar-refractivity contribution in [2.24, 2.45) is 0 Å². The first-order chi connectivity index (χ1) is 15.9. The van der Waals surface area contributed by atoms with Crippen molar-refractivity contribution >= 4 is 46.2 Å². The summed E-state index contributed by atoms with van der Waals surface area (Å²) in [6, 6.07) is 13.1. The molecule has 0 saturated carbocycles. The fourth-order valence-corrected chi connectivity index (χ4v) is 4.70. The number of rotatable bonds is 8. The van der Waals surface area contributed by atoms with Crippen LogP contribution in [0.1, 0.15) is 33.3 Å². The highest BCUT2D eigenvalue weighted by Crippen LogP contribution is 2.33. The molecule has 10 heteroatoms. The molecule has 3 aromatic rings. The number of anilines is 2. The number of carbonyl (C=O) groups is 2. The second-order valence-electron chi connectivity index (χ2n) is 7.42.